The summed E-state index contributed by atoms with van der Waals surface area (Å²) in [5.74, 6) is 0. The number of oxime groups is 1. The lowest BCUT2D eigenvalue weighted by Gasteiger charge is -2.22. The molecule has 0 rings (SSSR count). The van der Waals surface area contributed by atoms with Crippen molar-refractivity contribution in [2.24, 2.45) is 10.6 Å². The van der Waals surface area contributed by atoms with E-state index >= 15 is 0 Å². The third kappa shape index (κ3) is 7.84. The van der Waals surface area contributed by atoms with Gasteiger partial charge in [-0.25, -0.2) is 0 Å². The van der Waals surface area contributed by atoms with Gasteiger partial charge in [-0.15, -0.1) is 5.16 Å². The molecule has 0 aromatic carbocycles. The topological polar surface area (TPSA) is 32.6 Å². The van der Waals surface area contributed by atoms with Crippen LogP contribution in [-0.2, 0) is 0 Å². The van der Waals surface area contributed by atoms with Crippen molar-refractivity contribution in [2.45, 2.75) is 53.4 Å². The van der Waals surface area contributed by atoms with Crippen LogP contribution >= 0.6 is 0 Å². The van der Waals surface area contributed by atoms with Crippen LogP contribution in [0.15, 0.2) is 16.8 Å². The molecule has 0 spiro atoms. The largest absolute Gasteiger partial charge is 0.411 e. The zero-order valence-electron chi connectivity index (χ0n) is 9.88. The molecule has 1 N–H and O–H groups in total. The van der Waals surface area contributed by atoms with Gasteiger partial charge in [0.15, 0.2) is 0 Å². The number of hydrogen-bond donors (Lipinski definition) is 1. The summed E-state index contributed by atoms with van der Waals surface area (Å²) in [5.41, 5.74) is 1.73. The zero-order valence-corrected chi connectivity index (χ0v) is 9.88. The number of hydrogen-bond acceptors (Lipinski definition) is 2. The summed E-state index contributed by atoms with van der Waals surface area (Å²) in [5, 5.41) is 11.3. The maximum absolute atomic E-state index is 8.27. The third-order valence-corrected chi connectivity index (χ3v) is 2.41. The minimum Gasteiger partial charge on any atom is -0.411 e. The van der Waals surface area contributed by atoms with E-state index < -0.39 is 0 Å². The Morgan fingerprint density at radius 1 is 1.21 bits per heavy atom. The van der Waals surface area contributed by atoms with Crippen LogP contribution in [0.4, 0.5) is 0 Å². The maximum Gasteiger partial charge on any atom is 0.0436 e. The highest BCUT2D eigenvalue weighted by Gasteiger charge is 2.15. The SMILES string of the molecule is CC(C)=CCCC(C)(C)CCC=NO. The van der Waals surface area contributed by atoms with Gasteiger partial charge in [-0.2, -0.15) is 0 Å². The van der Waals surface area contributed by atoms with Crippen LogP contribution in [0.5, 0.6) is 0 Å². The van der Waals surface area contributed by atoms with E-state index in [1.165, 1.54) is 12.0 Å². The summed E-state index contributed by atoms with van der Waals surface area (Å²) in [7, 11) is 0. The monoisotopic (exact) mass is 197 g/mol. The summed E-state index contributed by atoms with van der Waals surface area (Å²) < 4.78 is 0. The molecule has 0 aromatic rings. The fourth-order valence-electron chi connectivity index (χ4n) is 1.39. The lowest BCUT2D eigenvalue weighted by molar-refractivity contribution is 0.306. The molecular weight excluding hydrogens is 174 g/mol. The van der Waals surface area contributed by atoms with Crippen molar-refractivity contribution in [1.82, 2.24) is 0 Å². The summed E-state index contributed by atoms with van der Waals surface area (Å²) in [6, 6.07) is 0. The Kier molecular flexibility index (Phi) is 6.26. The average molecular weight is 197 g/mol. The molecule has 0 saturated heterocycles. The van der Waals surface area contributed by atoms with Crippen LogP contribution in [0.1, 0.15) is 53.4 Å². The number of allylic oxidation sites excluding steroid dienone is 2. The molecule has 0 atom stereocenters. The highest BCUT2D eigenvalue weighted by molar-refractivity contribution is 5.56. The summed E-state index contributed by atoms with van der Waals surface area (Å²) in [6.45, 7) is 8.78. The Morgan fingerprint density at radius 2 is 1.79 bits per heavy atom. The van der Waals surface area contributed by atoms with Gasteiger partial charge < -0.3 is 5.21 Å². The Hall–Kier alpha value is -0.790. The molecule has 0 aliphatic rings. The van der Waals surface area contributed by atoms with Crippen molar-refractivity contribution < 1.29 is 5.21 Å². The highest BCUT2D eigenvalue weighted by atomic mass is 16.4. The normalized spacial score (nSPS) is 12.0. The Bertz CT molecular complexity index is 200. The van der Waals surface area contributed by atoms with Crippen LogP contribution in [0.25, 0.3) is 0 Å². The first-order chi connectivity index (χ1) is 6.48. The number of rotatable bonds is 6. The van der Waals surface area contributed by atoms with Crippen molar-refractivity contribution >= 4 is 6.21 Å². The first kappa shape index (κ1) is 13.2. The molecule has 0 fully saturated rings. The molecule has 0 saturated carbocycles. The maximum atomic E-state index is 8.27. The Labute approximate surface area is 87.7 Å². The fourth-order valence-corrected chi connectivity index (χ4v) is 1.39. The average Bonchev–Trinajstić information content (AvgIpc) is 2.03. The van der Waals surface area contributed by atoms with Crippen molar-refractivity contribution in [3.05, 3.63) is 11.6 Å². The third-order valence-electron chi connectivity index (χ3n) is 2.41. The Morgan fingerprint density at radius 3 is 2.29 bits per heavy atom. The van der Waals surface area contributed by atoms with E-state index in [2.05, 4.69) is 38.9 Å². The van der Waals surface area contributed by atoms with Crippen LogP contribution in [-0.4, -0.2) is 11.4 Å². The van der Waals surface area contributed by atoms with Gasteiger partial charge in [0, 0.05) is 6.21 Å². The van der Waals surface area contributed by atoms with Gasteiger partial charge >= 0.3 is 0 Å². The van der Waals surface area contributed by atoms with Crippen LogP contribution in [0.2, 0.25) is 0 Å². The second-order valence-corrected chi connectivity index (χ2v) is 4.82. The van der Waals surface area contributed by atoms with E-state index in [-0.39, 0.29) is 0 Å². The van der Waals surface area contributed by atoms with Gasteiger partial charge in [-0.05, 0) is 44.9 Å². The minimum absolute atomic E-state index is 0.340. The molecule has 0 aliphatic heterocycles. The van der Waals surface area contributed by atoms with E-state index in [1.807, 2.05) is 0 Å². The van der Waals surface area contributed by atoms with E-state index in [0.29, 0.717) is 5.41 Å². The van der Waals surface area contributed by atoms with Crippen molar-refractivity contribution in [1.29, 1.82) is 0 Å². The zero-order chi connectivity index (χ0) is 11.0. The van der Waals surface area contributed by atoms with Crippen molar-refractivity contribution in [3.8, 4) is 0 Å². The molecule has 14 heavy (non-hydrogen) atoms. The van der Waals surface area contributed by atoms with Crippen LogP contribution in [0.3, 0.4) is 0 Å². The molecule has 0 heterocycles. The first-order valence-electron chi connectivity index (χ1n) is 5.27. The van der Waals surface area contributed by atoms with Gasteiger partial charge in [0.25, 0.3) is 0 Å². The predicted molar refractivity (Wildman–Crippen MR) is 62.0 cm³/mol. The molecule has 2 heteroatoms. The van der Waals surface area contributed by atoms with Gasteiger partial charge in [-0.3, -0.25) is 0 Å². The lowest BCUT2D eigenvalue weighted by Crippen LogP contribution is -2.10. The predicted octanol–water partition coefficient (Wildman–Crippen LogP) is 4.00. The van der Waals surface area contributed by atoms with Gasteiger partial charge in [0.1, 0.15) is 0 Å². The van der Waals surface area contributed by atoms with E-state index in [4.69, 9.17) is 5.21 Å². The molecule has 82 valence electrons. The molecule has 0 amide bonds. The number of nitrogens with zero attached hydrogens (tertiary/aromatic N) is 1. The summed E-state index contributed by atoms with van der Waals surface area (Å²) in [4.78, 5) is 0. The van der Waals surface area contributed by atoms with Crippen molar-refractivity contribution in [3.63, 3.8) is 0 Å². The molecule has 0 aliphatic carbocycles. The second kappa shape index (κ2) is 6.63. The fraction of sp³-hybridized carbons (Fsp3) is 0.750. The van der Waals surface area contributed by atoms with Gasteiger partial charge in [0.05, 0.1) is 0 Å². The second-order valence-electron chi connectivity index (χ2n) is 4.82. The molecule has 2 nitrogen and oxygen atoms in total. The lowest BCUT2D eigenvalue weighted by atomic mass is 9.83. The van der Waals surface area contributed by atoms with Gasteiger partial charge in [-0.1, -0.05) is 25.5 Å². The first-order valence-corrected chi connectivity index (χ1v) is 5.27. The highest BCUT2D eigenvalue weighted by Crippen LogP contribution is 2.28. The van der Waals surface area contributed by atoms with Crippen LogP contribution < -0.4 is 0 Å². The quantitative estimate of drug-likeness (QED) is 0.297. The van der Waals surface area contributed by atoms with E-state index in [0.717, 1.165) is 19.3 Å². The molecule has 0 aromatic heterocycles. The standard InChI is InChI=1S/C12H23NO/c1-11(2)7-5-8-12(3,4)9-6-10-13-14/h7,10,14H,5-6,8-9H2,1-4H3. The minimum atomic E-state index is 0.340. The van der Waals surface area contributed by atoms with E-state index in [1.54, 1.807) is 6.21 Å². The smallest absolute Gasteiger partial charge is 0.0436 e. The molecular formula is C12H23NO. The molecule has 0 radical (unpaired) electrons. The Balaban J connectivity index is 3.77. The molecule has 0 unspecified atom stereocenters. The molecule has 0 bridgehead atoms. The van der Waals surface area contributed by atoms with E-state index in [9.17, 15) is 0 Å². The van der Waals surface area contributed by atoms with Gasteiger partial charge in [0.2, 0.25) is 0 Å². The van der Waals surface area contributed by atoms with Crippen LogP contribution in [0, 0.1) is 5.41 Å². The summed E-state index contributed by atoms with van der Waals surface area (Å²) in [6.07, 6.45) is 8.12. The summed E-state index contributed by atoms with van der Waals surface area (Å²) >= 11 is 0. The van der Waals surface area contributed by atoms with Crippen molar-refractivity contribution in [2.75, 3.05) is 0 Å².